The lowest BCUT2D eigenvalue weighted by atomic mass is 9.88. The van der Waals surface area contributed by atoms with Gasteiger partial charge in [0, 0.05) is 32.2 Å². The predicted molar refractivity (Wildman–Crippen MR) is 107 cm³/mol. The van der Waals surface area contributed by atoms with Gasteiger partial charge in [-0.1, -0.05) is 30.3 Å². The van der Waals surface area contributed by atoms with Gasteiger partial charge in [0.15, 0.2) is 0 Å². The summed E-state index contributed by atoms with van der Waals surface area (Å²) in [7, 11) is 1.80. The summed E-state index contributed by atoms with van der Waals surface area (Å²) in [6.45, 7) is 3.16. The molecule has 1 spiro atoms. The van der Waals surface area contributed by atoms with E-state index in [1.165, 1.54) is 11.1 Å². The molecule has 0 aliphatic carbocycles. The van der Waals surface area contributed by atoms with Crippen LogP contribution in [-0.2, 0) is 4.74 Å². The smallest absolute Gasteiger partial charge is 0.317 e. The largest absolute Gasteiger partial charge is 0.377 e. The van der Waals surface area contributed by atoms with E-state index in [9.17, 15) is 9.59 Å². The number of hydrogen-bond acceptors (Lipinski definition) is 3. The molecule has 1 N–H and O–H groups in total. The van der Waals surface area contributed by atoms with Crippen molar-refractivity contribution in [1.29, 1.82) is 0 Å². The maximum absolute atomic E-state index is 13.0. The number of urea groups is 1. The normalized spacial score (nSPS) is 20.9. The second kappa shape index (κ2) is 6.34. The Morgan fingerprint density at radius 1 is 1.21 bits per heavy atom. The van der Waals surface area contributed by atoms with Crippen LogP contribution in [0.1, 0.15) is 22.3 Å². The van der Waals surface area contributed by atoms with E-state index in [0.29, 0.717) is 31.8 Å². The predicted octanol–water partition coefficient (Wildman–Crippen LogP) is 2.49. The minimum atomic E-state index is -0.244. The first-order valence-corrected chi connectivity index (χ1v) is 9.68. The molecular weight excluding hydrogens is 354 g/mol. The highest BCUT2D eigenvalue weighted by molar-refractivity contribution is 6.02. The quantitative estimate of drug-likeness (QED) is 0.875. The number of amides is 3. The Bertz CT molecular complexity index is 1010. The zero-order valence-corrected chi connectivity index (χ0v) is 15.9. The Labute approximate surface area is 163 Å². The zero-order valence-electron chi connectivity index (χ0n) is 15.9. The van der Waals surface area contributed by atoms with Gasteiger partial charge in [0.1, 0.15) is 0 Å². The van der Waals surface area contributed by atoms with Gasteiger partial charge in [-0.25, -0.2) is 4.79 Å². The number of fused-ring (bicyclic) bond motifs is 1. The van der Waals surface area contributed by atoms with Gasteiger partial charge in [0.05, 0.1) is 18.8 Å². The molecule has 6 nitrogen and oxygen atoms in total. The number of likely N-dealkylation sites (tertiary alicyclic amines) is 1. The summed E-state index contributed by atoms with van der Waals surface area (Å²) in [6, 6.07) is 12.1. The summed E-state index contributed by atoms with van der Waals surface area (Å²) < 4.78 is 5.43. The lowest BCUT2D eigenvalue weighted by molar-refractivity contribution is 0.00778. The first-order valence-electron chi connectivity index (χ1n) is 9.68. The van der Waals surface area contributed by atoms with Crippen molar-refractivity contribution in [2.75, 3.05) is 39.9 Å². The number of benzene rings is 2. The Kier molecular flexibility index (Phi) is 3.91. The van der Waals surface area contributed by atoms with Crippen LogP contribution in [0.5, 0.6) is 0 Å². The van der Waals surface area contributed by atoms with Crippen molar-refractivity contribution in [2.45, 2.75) is 12.0 Å². The van der Waals surface area contributed by atoms with Crippen LogP contribution in [0, 0.1) is 0 Å². The van der Waals surface area contributed by atoms with Crippen LogP contribution in [0.3, 0.4) is 0 Å². The molecule has 5 rings (SSSR count). The summed E-state index contributed by atoms with van der Waals surface area (Å²) in [5.41, 5.74) is 2.98. The Morgan fingerprint density at radius 3 is 2.79 bits per heavy atom. The van der Waals surface area contributed by atoms with Gasteiger partial charge in [-0.2, -0.15) is 0 Å². The third kappa shape index (κ3) is 2.59. The molecular formula is C22H23N3O3. The van der Waals surface area contributed by atoms with E-state index in [0.717, 1.165) is 23.8 Å². The van der Waals surface area contributed by atoms with E-state index in [1.807, 2.05) is 23.1 Å². The minimum Gasteiger partial charge on any atom is -0.377 e. The van der Waals surface area contributed by atoms with Gasteiger partial charge in [-0.15, -0.1) is 0 Å². The molecule has 3 heterocycles. The number of carbonyl (C=O) groups excluding carboxylic acids is 2. The average Bonchev–Trinajstić information content (AvgIpc) is 3.01. The van der Waals surface area contributed by atoms with E-state index in [4.69, 9.17) is 4.74 Å². The molecule has 3 aliphatic heterocycles. The van der Waals surface area contributed by atoms with Crippen molar-refractivity contribution in [2.24, 2.45) is 0 Å². The summed E-state index contributed by atoms with van der Waals surface area (Å²) in [5.74, 6) is 0.0240. The number of ether oxygens (including phenoxy) is 1. The van der Waals surface area contributed by atoms with Gasteiger partial charge >= 0.3 is 6.03 Å². The summed E-state index contributed by atoms with van der Waals surface area (Å²) in [5, 5.41) is 5.09. The molecule has 2 fully saturated rings. The van der Waals surface area contributed by atoms with Crippen LogP contribution in [0.15, 0.2) is 42.5 Å². The van der Waals surface area contributed by atoms with Crippen LogP contribution in [0.25, 0.3) is 16.3 Å². The van der Waals surface area contributed by atoms with Crippen molar-refractivity contribution in [3.05, 3.63) is 53.6 Å². The van der Waals surface area contributed by atoms with Crippen LogP contribution in [0.2, 0.25) is 0 Å². The van der Waals surface area contributed by atoms with E-state index in [1.54, 1.807) is 11.9 Å². The molecule has 2 aromatic rings. The molecule has 2 saturated heterocycles. The van der Waals surface area contributed by atoms with E-state index >= 15 is 0 Å². The van der Waals surface area contributed by atoms with Gasteiger partial charge in [-0.3, -0.25) is 4.79 Å². The lowest BCUT2D eigenvalue weighted by Crippen LogP contribution is -2.70. The van der Waals surface area contributed by atoms with Crippen molar-refractivity contribution in [1.82, 2.24) is 15.1 Å². The zero-order chi connectivity index (χ0) is 19.3. The summed E-state index contributed by atoms with van der Waals surface area (Å²) >= 11 is 0. The van der Waals surface area contributed by atoms with Crippen molar-refractivity contribution >= 4 is 28.3 Å². The van der Waals surface area contributed by atoms with Crippen molar-refractivity contribution in [3.63, 3.8) is 0 Å². The van der Waals surface area contributed by atoms with E-state index in [2.05, 4.69) is 29.6 Å². The number of nitrogens with one attached hydrogen (secondary N) is 1. The van der Waals surface area contributed by atoms with Gasteiger partial charge < -0.3 is 19.9 Å². The standard InChI is InChI=1S/C22H23N3O3/c1-24-21(27)23-12-22(24)13-25(14-22)20(26)17-5-6-19-16(11-17)3-2-4-18(19)15-7-9-28-10-8-15/h2-7,11H,8-10,12-14H2,1H3,(H,23,27). The number of likely N-dealkylation sites (N-methyl/N-ethyl adjacent to an activating group) is 1. The fourth-order valence-electron chi connectivity index (χ4n) is 4.48. The highest BCUT2D eigenvalue weighted by atomic mass is 16.5. The second-order valence-corrected chi connectivity index (χ2v) is 7.90. The molecule has 0 radical (unpaired) electrons. The van der Waals surface area contributed by atoms with Gasteiger partial charge in [0.2, 0.25) is 0 Å². The third-order valence-corrected chi connectivity index (χ3v) is 6.28. The molecule has 3 aliphatic rings. The SMILES string of the molecule is CN1C(=O)NCC12CN(C(=O)c1ccc3c(C4=CCOCC4)cccc3c1)C2. The van der Waals surface area contributed by atoms with E-state index < -0.39 is 0 Å². The molecule has 6 heteroatoms. The average molecular weight is 377 g/mol. The maximum atomic E-state index is 13.0. The minimum absolute atomic E-state index is 0.0240. The maximum Gasteiger partial charge on any atom is 0.317 e. The molecule has 144 valence electrons. The molecule has 3 amide bonds. The Hall–Kier alpha value is -2.86. The van der Waals surface area contributed by atoms with Crippen LogP contribution in [-0.4, -0.2) is 67.2 Å². The molecule has 0 saturated carbocycles. The Balaban J connectivity index is 1.39. The fourth-order valence-corrected chi connectivity index (χ4v) is 4.48. The second-order valence-electron chi connectivity index (χ2n) is 7.90. The van der Waals surface area contributed by atoms with Gasteiger partial charge in [0.25, 0.3) is 5.91 Å². The lowest BCUT2D eigenvalue weighted by Gasteiger charge is -2.50. The molecule has 2 aromatic carbocycles. The number of rotatable bonds is 2. The molecule has 0 bridgehead atoms. The first-order chi connectivity index (χ1) is 13.6. The highest BCUT2D eigenvalue weighted by Crippen LogP contribution is 2.33. The number of nitrogens with zero attached hydrogens (tertiary/aromatic N) is 2. The van der Waals surface area contributed by atoms with Gasteiger partial charge in [-0.05, 0) is 40.5 Å². The number of hydrogen-bond donors (Lipinski definition) is 1. The summed E-state index contributed by atoms with van der Waals surface area (Å²) in [4.78, 5) is 28.2. The van der Waals surface area contributed by atoms with Crippen LogP contribution in [0.4, 0.5) is 4.79 Å². The Morgan fingerprint density at radius 2 is 2.07 bits per heavy atom. The van der Waals surface area contributed by atoms with E-state index in [-0.39, 0.29) is 17.5 Å². The molecule has 0 atom stereocenters. The topological polar surface area (TPSA) is 61.9 Å². The molecule has 28 heavy (non-hydrogen) atoms. The van der Waals surface area contributed by atoms with Crippen molar-refractivity contribution < 1.29 is 14.3 Å². The fraction of sp³-hybridized carbons (Fsp3) is 0.364. The third-order valence-electron chi connectivity index (χ3n) is 6.28. The monoisotopic (exact) mass is 377 g/mol. The highest BCUT2D eigenvalue weighted by Gasteiger charge is 2.53. The molecule has 0 unspecified atom stereocenters. The molecule has 0 aromatic heterocycles. The van der Waals surface area contributed by atoms with Crippen LogP contribution < -0.4 is 5.32 Å². The van der Waals surface area contributed by atoms with Crippen molar-refractivity contribution in [3.8, 4) is 0 Å². The summed E-state index contributed by atoms with van der Waals surface area (Å²) in [6.07, 6.45) is 3.06. The number of carbonyl (C=O) groups is 2. The van der Waals surface area contributed by atoms with Crippen LogP contribution >= 0.6 is 0 Å². The first kappa shape index (κ1) is 17.3.